The molecule has 1 amide bonds. The first kappa shape index (κ1) is 20.2. The molecular weight excluding hydrogens is 362 g/mol. The number of aryl methyl sites for hydroxylation is 3. The summed E-state index contributed by atoms with van der Waals surface area (Å²) in [7, 11) is 0. The van der Waals surface area contributed by atoms with Gasteiger partial charge in [0.1, 0.15) is 0 Å². The SMILES string of the molecule is Cc1cc(C)c([C@@H](C)NC(=O)c2ccc(CSc3ccccc3)cc2)cc1C. The van der Waals surface area contributed by atoms with Crippen molar-refractivity contribution >= 4 is 17.7 Å². The minimum Gasteiger partial charge on any atom is -0.346 e. The van der Waals surface area contributed by atoms with E-state index in [1.165, 1.54) is 32.7 Å². The molecule has 0 unspecified atom stereocenters. The van der Waals surface area contributed by atoms with Crippen LogP contribution in [0.25, 0.3) is 0 Å². The van der Waals surface area contributed by atoms with Crippen LogP contribution in [0.2, 0.25) is 0 Å². The van der Waals surface area contributed by atoms with E-state index in [-0.39, 0.29) is 11.9 Å². The van der Waals surface area contributed by atoms with Crippen molar-refractivity contribution in [3.8, 4) is 0 Å². The number of rotatable bonds is 6. The van der Waals surface area contributed by atoms with Crippen molar-refractivity contribution in [2.45, 2.75) is 44.4 Å². The molecule has 1 N–H and O–H groups in total. The quantitative estimate of drug-likeness (QED) is 0.495. The number of nitrogens with one attached hydrogen (secondary N) is 1. The Kier molecular flexibility index (Phi) is 6.58. The van der Waals surface area contributed by atoms with Gasteiger partial charge in [-0.25, -0.2) is 0 Å². The molecule has 0 aromatic heterocycles. The second-order valence-electron chi connectivity index (χ2n) is 7.29. The lowest BCUT2D eigenvalue weighted by molar-refractivity contribution is 0.0940. The lowest BCUT2D eigenvalue weighted by atomic mass is 9.96. The third kappa shape index (κ3) is 5.05. The highest BCUT2D eigenvalue weighted by Crippen LogP contribution is 2.24. The molecular formula is C25H27NOS. The zero-order valence-electron chi connectivity index (χ0n) is 17.0. The van der Waals surface area contributed by atoms with Crippen LogP contribution in [0.5, 0.6) is 0 Å². The molecule has 0 aliphatic carbocycles. The summed E-state index contributed by atoms with van der Waals surface area (Å²) in [5.41, 5.74) is 6.83. The number of carbonyl (C=O) groups excluding carboxylic acids is 1. The Morgan fingerprint density at radius 1 is 0.893 bits per heavy atom. The highest BCUT2D eigenvalue weighted by molar-refractivity contribution is 7.98. The van der Waals surface area contributed by atoms with Gasteiger partial charge in [-0.1, -0.05) is 42.5 Å². The van der Waals surface area contributed by atoms with Gasteiger partial charge >= 0.3 is 0 Å². The minimum absolute atomic E-state index is 0.0277. The summed E-state index contributed by atoms with van der Waals surface area (Å²) in [5.74, 6) is 0.858. The van der Waals surface area contributed by atoms with E-state index >= 15 is 0 Å². The van der Waals surface area contributed by atoms with Gasteiger partial charge in [-0.3, -0.25) is 4.79 Å². The monoisotopic (exact) mass is 389 g/mol. The molecule has 0 fully saturated rings. The maximum absolute atomic E-state index is 12.7. The number of benzene rings is 3. The van der Waals surface area contributed by atoms with E-state index in [0.717, 1.165) is 5.75 Å². The van der Waals surface area contributed by atoms with Crippen molar-refractivity contribution < 1.29 is 4.79 Å². The maximum atomic E-state index is 12.7. The molecule has 0 saturated carbocycles. The highest BCUT2D eigenvalue weighted by atomic mass is 32.2. The Bertz CT molecular complexity index is 948. The first-order valence-corrected chi connectivity index (χ1v) is 10.6. The molecule has 28 heavy (non-hydrogen) atoms. The van der Waals surface area contributed by atoms with Gasteiger partial charge in [0.2, 0.25) is 0 Å². The fourth-order valence-electron chi connectivity index (χ4n) is 3.24. The zero-order valence-corrected chi connectivity index (χ0v) is 17.8. The van der Waals surface area contributed by atoms with Crippen LogP contribution in [-0.2, 0) is 5.75 Å². The summed E-state index contributed by atoms with van der Waals surface area (Å²) in [6, 6.07) is 22.6. The van der Waals surface area contributed by atoms with Crippen LogP contribution in [0, 0.1) is 20.8 Å². The molecule has 0 aliphatic rings. The predicted molar refractivity (Wildman–Crippen MR) is 119 cm³/mol. The van der Waals surface area contributed by atoms with E-state index in [1.807, 2.05) is 49.4 Å². The van der Waals surface area contributed by atoms with Crippen molar-refractivity contribution in [3.05, 3.63) is 100 Å². The maximum Gasteiger partial charge on any atom is 0.251 e. The van der Waals surface area contributed by atoms with E-state index in [0.29, 0.717) is 5.56 Å². The summed E-state index contributed by atoms with van der Waals surface area (Å²) in [5, 5.41) is 3.13. The number of carbonyl (C=O) groups is 1. The Hall–Kier alpha value is -2.52. The topological polar surface area (TPSA) is 29.1 Å². The molecule has 0 saturated heterocycles. The summed E-state index contributed by atoms with van der Waals surface area (Å²) in [6.45, 7) is 8.37. The van der Waals surface area contributed by atoms with Crippen molar-refractivity contribution in [3.63, 3.8) is 0 Å². The van der Waals surface area contributed by atoms with Gasteiger partial charge in [-0.2, -0.15) is 0 Å². The molecule has 2 nitrogen and oxygen atoms in total. The Morgan fingerprint density at radius 2 is 1.54 bits per heavy atom. The molecule has 0 radical (unpaired) electrons. The molecule has 0 spiro atoms. The number of hydrogen-bond donors (Lipinski definition) is 1. The van der Waals surface area contributed by atoms with Gasteiger partial charge in [-0.15, -0.1) is 11.8 Å². The fraction of sp³-hybridized carbons (Fsp3) is 0.240. The fourth-order valence-corrected chi connectivity index (χ4v) is 4.12. The number of hydrogen-bond acceptors (Lipinski definition) is 2. The van der Waals surface area contributed by atoms with Crippen LogP contribution in [0.1, 0.15) is 51.1 Å². The minimum atomic E-state index is -0.0348. The third-order valence-corrected chi connectivity index (χ3v) is 6.14. The molecule has 3 rings (SSSR count). The van der Waals surface area contributed by atoms with Gasteiger partial charge < -0.3 is 5.32 Å². The Morgan fingerprint density at radius 3 is 2.21 bits per heavy atom. The van der Waals surface area contributed by atoms with Crippen molar-refractivity contribution in [2.75, 3.05) is 0 Å². The predicted octanol–water partition coefficient (Wildman–Crippen LogP) is 6.40. The van der Waals surface area contributed by atoms with Crippen LogP contribution >= 0.6 is 11.8 Å². The van der Waals surface area contributed by atoms with Crippen LogP contribution in [0.4, 0.5) is 0 Å². The van der Waals surface area contributed by atoms with Crippen molar-refractivity contribution in [1.29, 1.82) is 0 Å². The van der Waals surface area contributed by atoms with Gasteiger partial charge in [0, 0.05) is 16.2 Å². The van der Waals surface area contributed by atoms with E-state index in [2.05, 4.69) is 50.4 Å². The van der Waals surface area contributed by atoms with E-state index in [9.17, 15) is 4.79 Å². The second-order valence-corrected chi connectivity index (χ2v) is 8.34. The molecule has 0 bridgehead atoms. The lowest BCUT2D eigenvalue weighted by Crippen LogP contribution is -2.27. The van der Waals surface area contributed by atoms with Crippen LogP contribution in [0.15, 0.2) is 71.6 Å². The van der Waals surface area contributed by atoms with Gasteiger partial charge in [0.05, 0.1) is 6.04 Å². The van der Waals surface area contributed by atoms with E-state index in [4.69, 9.17) is 0 Å². The van der Waals surface area contributed by atoms with Crippen LogP contribution in [0.3, 0.4) is 0 Å². The largest absolute Gasteiger partial charge is 0.346 e. The van der Waals surface area contributed by atoms with Crippen molar-refractivity contribution in [1.82, 2.24) is 5.32 Å². The smallest absolute Gasteiger partial charge is 0.251 e. The van der Waals surface area contributed by atoms with Gasteiger partial charge in [-0.05, 0) is 79.8 Å². The van der Waals surface area contributed by atoms with Gasteiger partial charge in [0.25, 0.3) is 5.91 Å². The van der Waals surface area contributed by atoms with E-state index in [1.54, 1.807) is 11.8 Å². The lowest BCUT2D eigenvalue weighted by Gasteiger charge is -2.18. The Labute approximate surface area is 172 Å². The van der Waals surface area contributed by atoms with Crippen LogP contribution < -0.4 is 5.32 Å². The molecule has 3 aromatic rings. The molecule has 0 heterocycles. The summed E-state index contributed by atoms with van der Waals surface area (Å²) >= 11 is 1.80. The summed E-state index contributed by atoms with van der Waals surface area (Å²) in [6.07, 6.45) is 0. The zero-order chi connectivity index (χ0) is 20.1. The highest BCUT2D eigenvalue weighted by Gasteiger charge is 2.14. The van der Waals surface area contributed by atoms with Crippen LogP contribution in [-0.4, -0.2) is 5.91 Å². The third-order valence-electron chi connectivity index (χ3n) is 5.06. The molecule has 3 aromatic carbocycles. The second kappa shape index (κ2) is 9.11. The average molecular weight is 390 g/mol. The van der Waals surface area contributed by atoms with Gasteiger partial charge in [0.15, 0.2) is 0 Å². The normalized spacial score (nSPS) is 11.9. The Balaban J connectivity index is 1.62. The number of amides is 1. The first-order chi connectivity index (χ1) is 13.4. The van der Waals surface area contributed by atoms with Crippen molar-refractivity contribution in [2.24, 2.45) is 0 Å². The summed E-state index contributed by atoms with van der Waals surface area (Å²) < 4.78 is 0. The average Bonchev–Trinajstić information content (AvgIpc) is 2.70. The molecule has 3 heteroatoms. The first-order valence-electron chi connectivity index (χ1n) is 9.59. The number of thioether (sulfide) groups is 1. The molecule has 0 aliphatic heterocycles. The summed E-state index contributed by atoms with van der Waals surface area (Å²) in [4.78, 5) is 13.9. The molecule has 144 valence electrons. The standard InChI is InChI=1S/C25H27NOS/c1-17-14-19(3)24(15-18(17)2)20(4)26-25(27)22-12-10-21(11-13-22)16-28-23-8-6-5-7-9-23/h5-15,20H,16H2,1-4H3,(H,26,27)/t20-/m1/s1. The van der Waals surface area contributed by atoms with E-state index < -0.39 is 0 Å². The molecule has 1 atom stereocenters.